The van der Waals surface area contributed by atoms with Crippen LogP contribution in [-0.2, 0) is 11.3 Å². The summed E-state index contributed by atoms with van der Waals surface area (Å²) in [6.45, 7) is 8.12. The van der Waals surface area contributed by atoms with E-state index in [2.05, 4.69) is 35.6 Å². The van der Waals surface area contributed by atoms with Crippen molar-refractivity contribution in [1.82, 2.24) is 14.9 Å². The average Bonchev–Trinajstić information content (AvgIpc) is 2.74. The van der Waals surface area contributed by atoms with E-state index in [0.717, 1.165) is 26.0 Å². The van der Waals surface area contributed by atoms with Gasteiger partial charge in [0, 0.05) is 25.9 Å². The first-order chi connectivity index (χ1) is 8.19. The number of nitrogens with one attached hydrogen (secondary N) is 1. The summed E-state index contributed by atoms with van der Waals surface area (Å²) in [5.74, 6) is 0. The molecule has 0 aliphatic heterocycles. The first-order valence-corrected chi connectivity index (χ1v) is 6.42. The van der Waals surface area contributed by atoms with E-state index in [9.17, 15) is 0 Å². The van der Waals surface area contributed by atoms with Crippen LogP contribution in [0.5, 0.6) is 0 Å². The summed E-state index contributed by atoms with van der Waals surface area (Å²) in [5.41, 5.74) is 1.23. The van der Waals surface area contributed by atoms with Gasteiger partial charge in [0.25, 0.3) is 0 Å². The molecule has 1 unspecified atom stereocenters. The van der Waals surface area contributed by atoms with Crippen LogP contribution >= 0.6 is 0 Å². The van der Waals surface area contributed by atoms with Gasteiger partial charge in [-0.05, 0) is 6.42 Å². The fraction of sp³-hybridized carbons (Fsp3) is 0.769. The van der Waals surface area contributed by atoms with Gasteiger partial charge in [-0.1, -0.05) is 27.2 Å². The fourth-order valence-electron chi connectivity index (χ4n) is 1.93. The third-order valence-electron chi connectivity index (χ3n) is 2.81. The third kappa shape index (κ3) is 4.48. The van der Waals surface area contributed by atoms with Crippen molar-refractivity contribution in [3.63, 3.8) is 0 Å². The monoisotopic (exact) mass is 239 g/mol. The molecule has 1 aromatic rings. The Morgan fingerprint density at radius 3 is 2.82 bits per heavy atom. The van der Waals surface area contributed by atoms with Gasteiger partial charge in [0.1, 0.15) is 0 Å². The molecule has 0 aliphatic carbocycles. The predicted molar refractivity (Wildman–Crippen MR) is 70.0 cm³/mol. The molecule has 0 saturated heterocycles. The summed E-state index contributed by atoms with van der Waals surface area (Å²) in [4.78, 5) is 4.25. The second-order valence-electron chi connectivity index (χ2n) is 4.73. The van der Waals surface area contributed by atoms with E-state index in [1.54, 1.807) is 7.11 Å². The average molecular weight is 239 g/mol. The summed E-state index contributed by atoms with van der Waals surface area (Å²) in [6.07, 6.45) is 6.13. The van der Waals surface area contributed by atoms with Gasteiger partial charge in [-0.15, -0.1) is 0 Å². The Balaban J connectivity index is 2.69. The van der Waals surface area contributed by atoms with Crippen LogP contribution in [0, 0.1) is 0 Å². The van der Waals surface area contributed by atoms with Gasteiger partial charge in [0.15, 0.2) is 0 Å². The number of methoxy groups -OCH3 is 1. The summed E-state index contributed by atoms with van der Waals surface area (Å²) in [7, 11) is 1.76. The van der Waals surface area contributed by atoms with Crippen molar-refractivity contribution in [3.05, 3.63) is 18.2 Å². The maximum absolute atomic E-state index is 5.29. The number of rotatable bonds is 8. The molecule has 4 heteroatoms. The highest BCUT2D eigenvalue weighted by atomic mass is 16.5. The Labute approximate surface area is 104 Å². The van der Waals surface area contributed by atoms with Crippen LogP contribution in [0.15, 0.2) is 12.5 Å². The van der Waals surface area contributed by atoms with Gasteiger partial charge in [0.05, 0.1) is 24.7 Å². The number of hydrogen-bond acceptors (Lipinski definition) is 3. The lowest BCUT2D eigenvalue weighted by molar-refractivity contribution is 0.149. The molecule has 1 heterocycles. The summed E-state index contributed by atoms with van der Waals surface area (Å²) >= 11 is 0. The van der Waals surface area contributed by atoms with E-state index >= 15 is 0 Å². The van der Waals surface area contributed by atoms with Crippen molar-refractivity contribution in [1.29, 1.82) is 0 Å². The molecule has 0 bridgehead atoms. The standard InChI is InChI=1S/C13H25N3O/c1-5-6-12(9-17-4)16-10-14-7-13(16)8-15-11(2)3/h7,10-12,15H,5-6,8-9H2,1-4H3. The SMILES string of the molecule is CCCC(COC)n1cncc1CNC(C)C. The van der Waals surface area contributed by atoms with Crippen molar-refractivity contribution in [2.24, 2.45) is 0 Å². The highest BCUT2D eigenvalue weighted by Gasteiger charge is 2.13. The minimum absolute atomic E-state index is 0.400. The predicted octanol–water partition coefficient (Wildman–Crippen LogP) is 2.37. The van der Waals surface area contributed by atoms with Crippen LogP contribution in [0.25, 0.3) is 0 Å². The van der Waals surface area contributed by atoms with E-state index in [1.807, 2.05) is 12.5 Å². The molecule has 0 amide bonds. The first-order valence-electron chi connectivity index (χ1n) is 6.42. The third-order valence-corrected chi connectivity index (χ3v) is 2.81. The number of nitrogens with zero attached hydrogens (tertiary/aromatic N) is 2. The van der Waals surface area contributed by atoms with Gasteiger partial charge < -0.3 is 14.6 Å². The zero-order chi connectivity index (χ0) is 12.7. The molecule has 0 saturated carbocycles. The second-order valence-corrected chi connectivity index (χ2v) is 4.73. The summed E-state index contributed by atoms with van der Waals surface area (Å²) in [5, 5.41) is 3.43. The zero-order valence-electron chi connectivity index (χ0n) is 11.4. The molecule has 0 aliphatic rings. The molecule has 1 N–H and O–H groups in total. The van der Waals surface area contributed by atoms with Gasteiger partial charge in [-0.3, -0.25) is 0 Å². The van der Waals surface area contributed by atoms with Crippen LogP contribution < -0.4 is 5.32 Å². The Bertz CT molecular complexity index is 303. The maximum Gasteiger partial charge on any atom is 0.0952 e. The number of hydrogen-bond donors (Lipinski definition) is 1. The lowest BCUT2D eigenvalue weighted by atomic mass is 10.1. The minimum atomic E-state index is 0.400. The largest absolute Gasteiger partial charge is 0.383 e. The van der Waals surface area contributed by atoms with Crippen molar-refractivity contribution in [2.75, 3.05) is 13.7 Å². The summed E-state index contributed by atoms with van der Waals surface area (Å²) in [6, 6.07) is 0.891. The summed E-state index contributed by atoms with van der Waals surface area (Å²) < 4.78 is 7.53. The molecule has 0 spiro atoms. The first kappa shape index (κ1) is 14.2. The Hall–Kier alpha value is -0.870. The lowest BCUT2D eigenvalue weighted by Crippen LogP contribution is -2.25. The minimum Gasteiger partial charge on any atom is -0.383 e. The van der Waals surface area contributed by atoms with E-state index < -0.39 is 0 Å². The quantitative estimate of drug-likeness (QED) is 0.757. The molecule has 1 rings (SSSR count). The molecule has 4 nitrogen and oxygen atoms in total. The van der Waals surface area contributed by atoms with Crippen molar-refractivity contribution in [2.45, 2.75) is 52.2 Å². The van der Waals surface area contributed by atoms with Crippen LogP contribution in [0.3, 0.4) is 0 Å². The highest BCUT2D eigenvalue weighted by molar-refractivity contribution is 5.00. The van der Waals surface area contributed by atoms with E-state index in [0.29, 0.717) is 12.1 Å². The van der Waals surface area contributed by atoms with Crippen molar-refractivity contribution >= 4 is 0 Å². The van der Waals surface area contributed by atoms with Crippen LogP contribution in [0.4, 0.5) is 0 Å². The van der Waals surface area contributed by atoms with Gasteiger partial charge in [0.2, 0.25) is 0 Å². The maximum atomic E-state index is 5.29. The molecule has 17 heavy (non-hydrogen) atoms. The van der Waals surface area contributed by atoms with Gasteiger partial charge in [-0.25, -0.2) is 4.98 Å². The van der Waals surface area contributed by atoms with E-state index in [-0.39, 0.29) is 0 Å². The van der Waals surface area contributed by atoms with E-state index in [4.69, 9.17) is 4.74 Å². The lowest BCUT2D eigenvalue weighted by Gasteiger charge is -2.20. The Kier molecular flexibility index (Phi) is 6.22. The molecular formula is C13H25N3O. The van der Waals surface area contributed by atoms with Gasteiger partial charge >= 0.3 is 0 Å². The highest BCUT2D eigenvalue weighted by Crippen LogP contribution is 2.16. The topological polar surface area (TPSA) is 39.1 Å². The Morgan fingerprint density at radius 1 is 1.47 bits per heavy atom. The number of imidazole rings is 1. The number of ether oxygens (including phenoxy) is 1. The Morgan fingerprint density at radius 2 is 2.24 bits per heavy atom. The second kappa shape index (κ2) is 7.45. The smallest absolute Gasteiger partial charge is 0.0952 e. The molecule has 0 aromatic carbocycles. The van der Waals surface area contributed by atoms with Crippen LogP contribution in [-0.4, -0.2) is 29.3 Å². The molecule has 0 radical (unpaired) electrons. The molecule has 1 atom stereocenters. The fourth-order valence-corrected chi connectivity index (χ4v) is 1.93. The normalized spacial score (nSPS) is 13.2. The van der Waals surface area contributed by atoms with Crippen molar-refractivity contribution < 1.29 is 4.74 Å². The van der Waals surface area contributed by atoms with Crippen LogP contribution in [0.2, 0.25) is 0 Å². The molecular weight excluding hydrogens is 214 g/mol. The molecule has 1 aromatic heterocycles. The van der Waals surface area contributed by atoms with Crippen molar-refractivity contribution in [3.8, 4) is 0 Å². The van der Waals surface area contributed by atoms with Crippen LogP contribution in [0.1, 0.15) is 45.3 Å². The van der Waals surface area contributed by atoms with Gasteiger partial charge in [-0.2, -0.15) is 0 Å². The number of aromatic nitrogens is 2. The van der Waals surface area contributed by atoms with E-state index in [1.165, 1.54) is 5.69 Å². The molecule has 0 fully saturated rings. The zero-order valence-corrected chi connectivity index (χ0v) is 11.4. The molecule has 98 valence electrons.